The number of aromatic nitrogens is 2. The first-order valence-corrected chi connectivity index (χ1v) is 10.5. The van der Waals surface area contributed by atoms with E-state index in [2.05, 4.69) is 75.1 Å². The Bertz CT molecular complexity index is 994. The van der Waals surface area contributed by atoms with Crippen LogP contribution in [-0.2, 0) is 6.42 Å². The minimum Gasteiger partial charge on any atom is -0.368 e. The number of rotatable bonds is 3. The monoisotopic (exact) mass is 385 g/mol. The first-order chi connectivity index (χ1) is 14.3. The SMILES string of the molecule is Cc1cccc(N2CCN(c3ccnc(N4CCCc5ccccc54)n3)CC2)c1. The molecule has 0 saturated carbocycles. The number of fused-ring (bicyclic) bond motifs is 1. The largest absolute Gasteiger partial charge is 0.368 e. The number of piperazine rings is 1. The highest BCUT2D eigenvalue weighted by molar-refractivity contribution is 5.64. The third kappa shape index (κ3) is 3.65. The normalized spacial score (nSPS) is 16.7. The molecule has 29 heavy (non-hydrogen) atoms. The molecular formula is C24H27N5. The summed E-state index contributed by atoms with van der Waals surface area (Å²) in [6.45, 7) is 7.09. The average molecular weight is 386 g/mol. The molecule has 1 aromatic heterocycles. The van der Waals surface area contributed by atoms with Crippen molar-refractivity contribution in [2.24, 2.45) is 0 Å². The molecule has 5 rings (SSSR count). The molecule has 1 saturated heterocycles. The lowest BCUT2D eigenvalue weighted by atomic mass is 10.0. The Hall–Kier alpha value is -3.08. The highest BCUT2D eigenvalue weighted by Crippen LogP contribution is 2.32. The number of para-hydroxylation sites is 1. The highest BCUT2D eigenvalue weighted by atomic mass is 15.3. The molecule has 0 spiro atoms. The zero-order valence-corrected chi connectivity index (χ0v) is 17.0. The van der Waals surface area contributed by atoms with Crippen LogP contribution >= 0.6 is 0 Å². The van der Waals surface area contributed by atoms with Gasteiger partial charge in [-0.15, -0.1) is 0 Å². The molecule has 148 valence electrons. The number of hydrogen-bond acceptors (Lipinski definition) is 5. The van der Waals surface area contributed by atoms with Crippen molar-refractivity contribution in [3.8, 4) is 0 Å². The summed E-state index contributed by atoms with van der Waals surface area (Å²) in [6.07, 6.45) is 4.18. The van der Waals surface area contributed by atoms with E-state index < -0.39 is 0 Å². The van der Waals surface area contributed by atoms with E-state index in [1.54, 1.807) is 0 Å². The predicted molar refractivity (Wildman–Crippen MR) is 119 cm³/mol. The van der Waals surface area contributed by atoms with Gasteiger partial charge in [-0.2, -0.15) is 4.98 Å². The summed E-state index contributed by atoms with van der Waals surface area (Å²) < 4.78 is 0. The lowest BCUT2D eigenvalue weighted by Gasteiger charge is -2.37. The Morgan fingerprint density at radius 1 is 0.828 bits per heavy atom. The number of anilines is 4. The van der Waals surface area contributed by atoms with Crippen molar-refractivity contribution in [3.63, 3.8) is 0 Å². The van der Waals surface area contributed by atoms with Gasteiger partial charge in [0, 0.05) is 50.3 Å². The average Bonchev–Trinajstić information content (AvgIpc) is 2.79. The van der Waals surface area contributed by atoms with Gasteiger partial charge in [-0.1, -0.05) is 30.3 Å². The Balaban J connectivity index is 1.33. The molecule has 2 aromatic carbocycles. The van der Waals surface area contributed by atoms with Crippen molar-refractivity contribution in [2.75, 3.05) is 47.4 Å². The minimum atomic E-state index is 0.816. The fourth-order valence-corrected chi connectivity index (χ4v) is 4.41. The highest BCUT2D eigenvalue weighted by Gasteiger charge is 2.22. The minimum absolute atomic E-state index is 0.816. The molecule has 2 aliphatic rings. The summed E-state index contributed by atoms with van der Waals surface area (Å²) in [5.74, 6) is 1.85. The maximum atomic E-state index is 4.95. The second-order valence-corrected chi connectivity index (χ2v) is 7.91. The van der Waals surface area contributed by atoms with E-state index >= 15 is 0 Å². The van der Waals surface area contributed by atoms with Crippen molar-refractivity contribution < 1.29 is 0 Å². The van der Waals surface area contributed by atoms with Gasteiger partial charge in [0.15, 0.2) is 0 Å². The van der Waals surface area contributed by atoms with Gasteiger partial charge < -0.3 is 14.7 Å². The van der Waals surface area contributed by atoms with Gasteiger partial charge in [0.1, 0.15) is 5.82 Å². The fraction of sp³-hybridized carbons (Fsp3) is 0.333. The van der Waals surface area contributed by atoms with Gasteiger partial charge in [-0.05, 0) is 55.2 Å². The Labute approximate surface area is 172 Å². The van der Waals surface area contributed by atoms with E-state index in [0.29, 0.717) is 0 Å². The summed E-state index contributed by atoms with van der Waals surface area (Å²) in [5.41, 5.74) is 5.27. The van der Waals surface area contributed by atoms with E-state index in [1.165, 1.54) is 22.5 Å². The molecule has 3 aromatic rings. The van der Waals surface area contributed by atoms with Crippen LogP contribution in [0.2, 0.25) is 0 Å². The summed E-state index contributed by atoms with van der Waals surface area (Å²) in [6, 6.07) is 19.4. The second kappa shape index (κ2) is 7.74. The maximum Gasteiger partial charge on any atom is 0.231 e. The van der Waals surface area contributed by atoms with E-state index in [9.17, 15) is 0 Å². The topological polar surface area (TPSA) is 35.5 Å². The van der Waals surface area contributed by atoms with Crippen molar-refractivity contribution in [1.29, 1.82) is 0 Å². The zero-order valence-electron chi connectivity index (χ0n) is 17.0. The molecule has 1 fully saturated rings. The first-order valence-electron chi connectivity index (χ1n) is 10.5. The number of aryl methyl sites for hydroxylation is 2. The smallest absolute Gasteiger partial charge is 0.231 e. The first kappa shape index (κ1) is 18.0. The van der Waals surface area contributed by atoms with E-state index in [-0.39, 0.29) is 0 Å². The quantitative estimate of drug-likeness (QED) is 0.675. The van der Waals surface area contributed by atoms with Crippen LogP contribution in [-0.4, -0.2) is 42.7 Å². The molecular weight excluding hydrogens is 358 g/mol. The van der Waals surface area contributed by atoms with Crippen molar-refractivity contribution >= 4 is 23.1 Å². The summed E-state index contributed by atoms with van der Waals surface area (Å²) >= 11 is 0. The van der Waals surface area contributed by atoms with Crippen LogP contribution in [0.3, 0.4) is 0 Å². The Kier molecular flexibility index (Phi) is 4.80. The second-order valence-electron chi connectivity index (χ2n) is 7.91. The fourth-order valence-electron chi connectivity index (χ4n) is 4.41. The molecule has 0 aliphatic carbocycles. The maximum absolute atomic E-state index is 4.95. The van der Waals surface area contributed by atoms with Gasteiger partial charge in [-0.3, -0.25) is 0 Å². The molecule has 0 bridgehead atoms. The summed E-state index contributed by atoms with van der Waals surface area (Å²) in [4.78, 5) is 16.7. The predicted octanol–water partition coefficient (Wildman–Crippen LogP) is 4.20. The van der Waals surface area contributed by atoms with Crippen molar-refractivity contribution in [3.05, 3.63) is 71.9 Å². The summed E-state index contributed by atoms with van der Waals surface area (Å²) in [7, 11) is 0. The van der Waals surface area contributed by atoms with Gasteiger partial charge in [0.2, 0.25) is 5.95 Å². The van der Waals surface area contributed by atoms with Crippen LogP contribution in [0.1, 0.15) is 17.5 Å². The van der Waals surface area contributed by atoms with Gasteiger partial charge in [0.25, 0.3) is 0 Å². The molecule has 5 nitrogen and oxygen atoms in total. The van der Waals surface area contributed by atoms with Crippen molar-refractivity contribution in [2.45, 2.75) is 19.8 Å². The third-order valence-corrected chi connectivity index (χ3v) is 5.95. The molecule has 0 unspecified atom stereocenters. The number of nitrogens with zero attached hydrogens (tertiary/aromatic N) is 5. The van der Waals surface area contributed by atoms with Gasteiger partial charge >= 0.3 is 0 Å². The molecule has 0 radical (unpaired) electrons. The van der Waals surface area contributed by atoms with Crippen LogP contribution in [0, 0.1) is 6.92 Å². The molecule has 0 amide bonds. The van der Waals surface area contributed by atoms with E-state index in [4.69, 9.17) is 4.98 Å². The van der Waals surface area contributed by atoms with Gasteiger partial charge in [-0.25, -0.2) is 4.98 Å². The molecule has 0 atom stereocenters. The van der Waals surface area contributed by atoms with Crippen LogP contribution in [0.25, 0.3) is 0 Å². The van der Waals surface area contributed by atoms with Crippen LogP contribution in [0.15, 0.2) is 60.8 Å². The zero-order chi connectivity index (χ0) is 19.6. The molecule has 2 aliphatic heterocycles. The van der Waals surface area contributed by atoms with Crippen LogP contribution in [0.4, 0.5) is 23.1 Å². The van der Waals surface area contributed by atoms with Crippen molar-refractivity contribution in [1.82, 2.24) is 9.97 Å². The van der Waals surface area contributed by atoms with Gasteiger partial charge in [0.05, 0.1) is 0 Å². The third-order valence-electron chi connectivity index (χ3n) is 5.95. The molecule has 3 heterocycles. The lowest BCUT2D eigenvalue weighted by Crippen LogP contribution is -2.47. The Morgan fingerprint density at radius 3 is 2.52 bits per heavy atom. The van der Waals surface area contributed by atoms with Crippen LogP contribution < -0.4 is 14.7 Å². The van der Waals surface area contributed by atoms with E-state index in [0.717, 1.165) is 57.3 Å². The lowest BCUT2D eigenvalue weighted by molar-refractivity contribution is 0.645. The summed E-state index contributed by atoms with van der Waals surface area (Å²) in [5, 5.41) is 0. The number of benzene rings is 2. The molecule has 5 heteroatoms. The van der Waals surface area contributed by atoms with Crippen LogP contribution in [0.5, 0.6) is 0 Å². The number of hydrogen-bond donors (Lipinski definition) is 0. The molecule has 0 N–H and O–H groups in total. The Morgan fingerprint density at radius 2 is 1.66 bits per heavy atom. The standard InChI is InChI=1S/C24H27N5/c1-19-6-4-9-21(18-19)27-14-16-28(17-15-27)23-11-12-25-24(26-23)29-13-5-8-20-7-2-3-10-22(20)29/h2-4,6-7,9-12,18H,5,8,13-17H2,1H3. The van der Waals surface area contributed by atoms with E-state index in [1.807, 2.05) is 12.3 Å².